The van der Waals surface area contributed by atoms with Crippen LogP contribution in [0.25, 0.3) is 0 Å². The van der Waals surface area contributed by atoms with Crippen molar-refractivity contribution in [3.8, 4) is 11.5 Å². The largest absolute Gasteiger partial charge is 0.454 e. The van der Waals surface area contributed by atoms with Crippen LogP contribution in [0.3, 0.4) is 0 Å². The first-order valence-corrected chi connectivity index (χ1v) is 8.12. The number of amides is 1. The summed E-state index contributed by atoms with van der Waals surface area (Å²) < 4.78 is 10.6. The van der Waals surface area contributed by atoms with Crippen molar-refractivity contribution in [2.45, 2.75) is 0 Å². The maximum absolute atomic E-state index is 12.2. The van der Waals surface area contributed by atoms with E-state index in [0.29, 0.717) is 28.0 Å². The van der Waals surface area contributed by atoms with Gasteiger partial charge in [0.1, 0.15) is 0 Å². The first kappa shape index (κ1) is 16.2. The van der Waals surface area contributed by atoms with E-state index in [-0.39, 0.29) is 18.4 Å². The van der Waals surface area contributed by atoms with Crippen LogP contribution in [-0.2, 0) is 0 Å². The lowest BCUT2D eigenvalue weighted by atomic mass is 10.2. The molecule has 1 aliphatic rings. The van der Waals surface area contributed by atoms with Crippen molar-refractivity contribution in [2.24, 2.45) is 0 Å². The lowest BCUT2D eigenvalue weighted by Crippen LogP contribution is -2.14. The molecule has 1 aromatic heterocycles. The second kappa shape index (κ2) is 6.89. The molecule has 1 aliphatic heterocycles. The molecule has 0 atom stereocenters. The quantitative estimate of drug-likeness (QED) is 0.727. The number of nitrogens with zero attached hydrogens (tertiary/aromatic N) is 2. The fraction of sp³-hybridized carbons (Fsp3) is 0.0556. The number of benzene rings is 2. The van der Waals surface area contributed by atoms with Gasteiger partial charge in [0.25, 0.3) is 5.91 Å². The van der Waals surface area contributed by atoms with Crippen molar-refractivity contribution < 1.29 is 14.3 Å². The minimum Gasteiger partial charge on any atom is -0.454 e. The number of aromatic nitrogens is 2. The molecule has 4 rings (SSSR count). The third-order valence-corrected chi connectivity index (χ3v) is 3.86. The molecule has 2 N–H and O–H groups in total. The highest BCUT2D eigenvalue weighted by Crippen LogP contribution is 2.34. The third kappa shape index (κ3) is 3.52. The molecule has 1 amide bonds. The lowest BCUT2D eigenvalue weighted by Gasteiger charge is -2.07. The number of anilines is 3. The van der Waals surface area contributed by atoms with E-state index >= 15 is 0 Å². The summed E-state index contributed by atoms with van der Waals surface area (Å²) in [5.41, 5.74) is 1.56. The zero-order chi connectivity index (χ0) is 17.9. The molecule has 0 saturated heterocycles. The highest BCUT2D eigenvalue weighted by Gasteiger charge is 2.14. The van der Waals surface area contributed by atoms with Crippen molar-refractivity contribution >= 4 is 34.7 Å². The van der Waals surface area contributed by atoms with E-state index in [1.54, 1.807) is 36.4 Å². The van der Waals surface area contributed by atoms with Gasteiger partial charge in [-0.1, -0.05) is 17.7 Å². The van der Waals surface area contributed by atoms with Gasteiger partial charge < -0.3 is 20.1 Å². The van der Waals surface area contributed by atoms with Crippen LogP contribution in [0.2, 0.25) is 5.02 Å². The Labute approximate surface area is 153 Å². The van der Waals surface area contributed by atoms with Crippen molar-refractivity contribution in [1.82, 2.24) is 10.2 Å². The number of ether oxygens (including phenoxy) is 2. The number of halogens is 1. The minimum absolute atomic E-state index is 0.196. The van der Waals surface area contributed by atoms with E-state index in [9.17, 15) is 4.79 Å². The molecule has 0 fully saturated rings. The molecule has 130 valence electrons. The van der Waals surface area contributed by atoms with Crippen molar-refractivity contribution in [3.05, 3.63) is 65.3 Å². The molecule has 26 heavy (non-hydrogen) atoms. The Bertz CT molecular complexity index is 963. The number of nitrogens with one attached hydrogen (secondary N) is 2. The third-order valence-electron chi connectivity index (χ3n) is 3.62. The Kier molecular flexibility index (Phi) is 4.28. The monoisotopic (exact) mass is 368 g/mol. The van der Waals surface area contributed by atoms with Gasteiger partial charge in [-0.3, -0.25) is 4.79 Å². The van der Waals surface area contributed by atoms with Gasteiger partial charge in [-0.2, -0.15) is 0 Å². The van der Waals surface area contributed by atoms with E-state index in [0.717, 1.165) is 5.69 Å². The van der Waals surface area contributed by atoms with Crippen LogP contribution >= 0.6 is 11.6 Å². The van der Waals surface area contributed by atoms with Crippen LogP contribution in [0.4, 0.5) is 17.2 Å². The van der Waals surface area contributed by atoms with Crippen LogP contribution in [-0.4, -0.2) is 22.9 Å². The standard InChI is InChI=1S/C18H13ClN4O3/c19-11-2-1-3-12(8-11)21-18(24)14-5-7-17(23-22-14)20-13-4-6-15-16(9-13)26-10-25-15/h1-9H,10H2,(H,20,23)(H,21,24). The minimum atomic E-state index is -0.366. The van der Waals surface area contributed by atoms with Crippen LogP contribution in [0.15, 0.2) is 54.6 Å². The van der Waals surface area contributed by atoms with Gasteiger partial charge in [-0.25, -0.2) is 0 Å². The highest BCUT2D eigenvalue weighted by molar-refractivity contribution is 6.30. The zero-order valence-electron chi connectivity index (χ0n) is 13.4. The number of carbonyl (C=O) groups excluding carboxylic acids is 1. The van der Waals surface area contributed by atoms with E-state index in [2.05, 4.69) is 20.8 Å². The van der Waals surface area contributed by atoms with Gasteiger partial charge >= 0.3 is 0 Å². The van der Waals surface area contributed by atoms with Gasteiger partial charge in [-0.15, -0.1) is 10.2 Å². The SMILES string of the molecule is O=C(Nc1cccc(Cl)c1)c1ccc(Nc2ccc3c(c2)OCO3)nn1. The van der Waals surface area contributed by atoms with Crippen LogP contribution in [0.1, 0.15) is 10.5 Å². The summed E-state index contributed by atoms with van der Waals surface area (Å²) in [5.74, 6) is 1.51. The Morgan fingerprint density at radius 3 is 2.65 bits per heavy atom. The molecule has 2 aromatic carbocycles. The average Bonchev–Trinajstić information content (AvgIpc) is 3.10. The van der Waals surface area contributed by atoms with Gasteiger partial charge in [0.05, 0.1) is 0 Å². The predicted octanol–water partition coefficient (Wildman–Crippen LogP) is 3.85. The second-order valence-electron chi connectivity index (χ2n) is 5.46. The molecular formula is C18H13ClN4O3. The van der Waals surface area contributed by atoms with Gasteiger partial charge in [0, 0.05) is 22.5 Å². The van der Waals surface area contributed by atoms with Gasteiger partial charge in [0.15, 0.2) is 23.0 Å². The first-order chi connectivity index (χ1) is 12.7. The summed E-state index contributed by atoms with van der Waals surface area (Å²) in [6, 6.07) is 15.6. The molecule has 0 aliphatic carbocycles. The zero-order valence-corrected chi connectivity index (χ0v) is 14.2. The van der Waals surface area contributed by atoms with Crippen LogP contribution in [0.5, 0.6) is 11.5 Å². The molecule has 3 aromatic rings. The second-order valence-corrected chi connectivity index (χ2v) is 5.90. The molecular weight excluding hydrogens is 356 g/mol. The number of fused-ring (bicyclic) bond motifs is 1. The predicted molar refractivity (Wildman–Crippen MR) is 97.3 cm³/mol. The summed E-state index contributed by atoms with van der Waals surface area (Å²) in [4.78, 5) is 12.2. The van der Waals surface area contributed by atoms with E-state index in [4.69, 9.17) is 21.1 Å². The van der Waals surface area contributed by atoms with Crippen molar-refractivity contribution in [2.75, 3.05) is 17.4 Å². The molecule has 0 saturated carbocycles. The Morgan fingerprint density at radius 2 is 1.85 bits per heavy atom. The van der Waals surface area contributed by atoms with E-state index in [1.165, 1.54) is 0 Å². The number of hydrogen-bond acceptors (Lipinski definition) is 6. The highest BCUT2D eigenvalue weighted by atomic mass is 35.5. The number of carbonyl (C=O) groups is 1. The maximum atomic E-state index is 12.2. The molecule has 2 heterocycles. The average molecular weight is 369 g/mol. The smallest absolute Gasteiger partial charge is 0.276 e. The van der Waals surface area contributed by atoms with E-state index in [1.807, 2.05) is 18.2 Å². The Balaban J connectivity index is 1.44. The summed E-state index contributed by atoms with van der Waals surface area (Å²) >= 11 is 5.90. The van der Waals surface area contributed by atoms with Crippen LogP contribution in [0, 0.1) is 0 Å². The summed E-state index contributed by atoms with van der Waals surface area (Å²) in [6.07, 6.45) is 0. The molecule has 0 bridgehead atoms. The topological polar surface area (TPSA) is 85.4 Å². The molecule has 0 radical (unpaired) electrons. The number of hydrogen-bond donors (Lipinski definition) is 2. The normalized spacial score (nSPS) is 11.9. The first-order valence-electron chi connectivity index (χ1n) is 7.75. The molecule has 7 nitrogen and oxygen atoms in total. The summed E-state index contributed by atoms with van der Waals surface area (Å²) in [6.45, 7) is 0.217. The van der Waals surface area contributed by atoms with Crippen molar-refractivity contribution in [3.63, 3.8) is 0 Å². The van der Waals surface area contributed by atoms with E-state index < -0.39 is 0 Å². The Hall–Kier alpha value is -3.32. The maximum Gasteiger partial charge on any atom is 0.276 e. The molecule has 0 unspecified atom stereocenters. The summed E-state index contributed by atoms with van der Waals surface area (Å²) in [7, 11) is 0. The van der Waals surface area contributed by atoms with Crippen LogP contribution < -0.4 is 20.1 Å². The van der Waals surface area contributed by atoms with Gasteiger partial charge in [0.2, 0.25) is 6.79 Å². The Morgan fingerprint density at radius 1 is 0.962 bits per heavy atom. The fourth-order valence-electron chi connectivity index (χ4n) is 2.40. The van der Waals surface area contributed by atoms with Crippen molar-refractivity contribution in [1.29, 1.82) is 0 Å². The summed E-state index contributed by atoms with van der Waals surface area (Å²) in [5, 5.41) is 14.3. The molecule has 0 spiro atoms. The lowest BCUT2D eigenvalue weighted by molar-refractivity contribution is 0.102. The fourth-order valence-corrected chi connectivity index (χ4v) is 2.59. The molecule has 8 heteroatoms. The van der Waals surface area contributed by atoms with Gasteiger partial charge in [-0.05, 0) is 42.5 Å². The number of rotatable bonds is 4.